The molecule has 16 rings (SSSR count). The number of hydrogen-bond donors (Lipinski definition) is 5. The Kier molecular flexibility index (Phi) is 17.6. The smallest absolute Gasteiger partial charge is 0.253 e. The molecule has 1 aliphatic carbocycles. The molecule has 466 valence electrons. The first-order valence-corrected chi connectivity index (χ1v) is 32.4. The lowest BCUT2D eigenvalue weighted by molar-refractivity contribution is 0.0948. The van der Waals surface area contributed by atoms with Crippen molar-refractivity contribution in [1.82, 2.24) is 65.1 Å². The summed E-state index contributed by atoms with van der Waals surface area (Å²) in [4.78, 5) is 58.4. The molecule has 16 heteroatoms. The van der Waals surface area contributed by atoms with Crippen molar-refractivity contribution in [2.45, 2.75) is 77.9 Å². The van der Waals surface area contributed by atoms with E-state index in [0.717, 1.165) is 144 Å². The van der Waals surface area contributed by atoms with Gasteiger partial charge in [0.25, 0.3) is 17.7 Å². The van der Waals surface area contributed by atoms with Crippen LogP contribution in [0, 0.1) is 6.92 Å². The normalized spacial score (nSPS) is 14.1. The average molecular weight is 1230 g/mol. The molecule has 16 nitrogen and oxygen atoms in total. The fourth-order valence-electron chi connectivity index (χ4n) is 13.3. The summed E-state index contributed by atoms with van der Waals surface area (Å²) in [6.07, 6.45) is 6.02. The molecular formula is C77H75N13O3. The lowest BCUT2D eigenvalue weighted by Gasteiger charge is -2.16. The Bertz CT molecular complexity index is 4640. The van der Waals surface area contributed by atoms with Crippen molar-refractivity contribution in [2.75, 3.05) is 39.8 Å². The lowest BCUT2D eigenvalue weighted by atomic mass is 10.1. The first kappa shape index (κ1) is 60.2. The largest absolute Gasteiger partial charge is 0.350 e. The van der Waals surface area contributed by atoms with E-state index in [1.807, 2.05) is 72.9 Å². The van der Waals surface area contributed by atoms with Gasteiger partial charge in [-0.25, -0.2) is 15.0 Å². The van der Waals surface area contributed by atoms with Gasteiger partial charge in [-0.15, -0.1) is 0 Å². The molecule has 0 saturated heterocycles. The maximum absolute atomic E-state index is 12.4. The minimum absolute atomic E-state index is 0.0220. The highest BCUT2D eigenvalue weighted by molar-refractivity contribution is 6.08. The standard InChI is InChI=1S/C26H24N4O.C26H26N4O.C25H25N5O/c31-26-22-6-3-7-23-24(22)30(13-12-27-26)25(29-23)18-10-8-17(9-11-18)16-28-21-14-19-4-1-2-5-20(19)15-21;1-18-5-7-19(8-6-18)13-14-27-17-20-9-11-21(12-10-20)25-29-23-4-2-3-22-24(23)30(25)16-15-28-26(22)31;1-29(15-12-20-5-2-3-13-26-20)17-18-8-10-19(11-9-18)24-28-22-7-4-6-21-23(22)30(24)16-14-27-25(21)31/h1-11,21,28H,12-16H2,(H,27,31);2-12,27H,13-17H2,1H3,(H,28,31);2-11,13H,12,14-17H2,1H3,(H,27,31). The number of imidazole rings is 3. The van der Waals surface area contributed by atoms with E-state index in [1.54, 1.807) is 0 Å². The van der Waals surface area contributed by atoms with Gasteiger partial charge in [-0.3, -0.25) is 19.4 Å². The quantitative estimate of drug-likeness (QED) is 0.0584. The molecule has 3 amide bonds. The summed E-state index contributed by atoms with van der Waals surface area (Å²) in [7, 11) is 2.14. The van der Waals surface area contributed by atoms with Gasteiger partial charge in [-0.1, -0.05) is 151 Å². The van der Waals surface area contributed by atoms with Crippen LogP contribution in [0.4, 0.5) is 0 Å². The minimum Gasteiger partial charge on any atom is -0.350 e. The van der Waals surface area contributed by atoms with Gasteiger partial charge in [0.1, 0.15) is 17.5 Å². The summed E-state index contributed by atoms with van der Waals surface area (Å²) >= 11 is 0. The minimum atomic E-state index is -0.0279. The second kappa shape index (κ2) is 27.2. The molecule has 0 atom stereocenters. The van der Waals surface area contributed by atoms with Gasteiger partial charge in [0.15, 0.2) is 0 Å². The number of para-hydroxylation sites is 3. The number of aromatic nitrogens is 7. The molecule has 4 aliphatic rings. The van der Waals surface area contributed by atoms with Crippen molar-refractivity contribution < 1.29 is 14.4 Å². The number of amides is 3. The van der Waals surface area contributed by atoms with Crippen LogP contribution in [-0.4, -0.2) is 102 Å². The number of hydrogen-bond acceptors (Lipinski definition) is 10. The highest BCUT2D eigenvalue weighted by Gasteiger charge is 2.26. The molecular weight excluding hydrogens is 1150 g/mol. The van der Waals surface area contributed by atoms with E-state index in [0.29, 0.717) is 48.9 Å². The van der Waals surface area contributed by atoms with Crippen LogP contribution in [0.3, 0.4) is 0 Å². The Morgan fingerprint density at radius 3 is 1.38 bits per heavy atom. The van der Waals surface area contributed by atoms with Gasteiger partial charge >= 0.3 is 0 Å². The van der Waals surface area contributed by atoms with E-state index in [-0.39, 0.29) is 17.7 Å². The molecule has 0 unspecified atom stereocenters. The molecule has 0 saturated carbocycles. The summed E-state index contributed by atoms with van der Waals surface area (Å²) in [5.74, 6) is 2.67. The maximum atomic E-state index is 12.4. The Hall–Kier alpha value is -10.4. The molecule has 12 aromatic rings. The van der Waals surface area contributed by atoms with Gasteiger partial charge in [-0.05, 0) is 122 Å². The number of carbonyl (C=O) groups is 3. The van der Waals surface area contributed by atoms with Crippen molar-refractivity contribution in [1.29, 1.82) is 0 Å². The number of aryl methyl sites for hydroxylation is 1. The van der Waals surface area contributed by atoms with Crippen LogP contribution in [-0.2, 0) is 65.0 Å². The molecule has 0 spiro atoms. The number of nitrogens with zero attached hydrogens (tertiary/aromatic N) is 8. The topological polar surface area (TPSA) is 181 Å². The molecule has 7 heterocycles. The zero-order valence-electron chi connectivity index (χ0n) is 52.5. The third-order valence-corrected chi connectivity index (χ3v) is 18.1. The second-order valence-electron chi connectivity index (χ2n) is 24.6. The van der Waals surface area contributed by atoms with E-state index in [2.05, 4.69) is 192 Å². The van der Waals surface area contributed by atoms with Crippen LogP contribution in [0.1, 0.15) is 75.7 Å². The van der Waals surface area contributed by atoms with E-state index in [4.69, 9.17) is 15.0 Å². The summed E-state index contributed by atoms with van der Waals surface area (Å²) in [5, 5.41) is 16.2. The Morgan fingerprint density at radius 1 is 0.473 bits per heavy atom. The van der Waals surface area contributed by atoms with Crippen LogP contribution in [0.15, 0.2) is 200 Å². The van der Waals surface area contributed by atoms with Crippen LogP contribution in [0.5, 0.6) is 0 Å². The van der Waals surface area contributed by atoms with Crippen molar-refractivity contribution >= 4 is 50.8 Å². The van der Waals surface area contributed by atoms with Crippen LogP contribution in [0.2, 0.25) is 0 Å². The summed E-state index contributed by atoms with van der Waals surface area (Å²) in [5.41, 5.74) is 21.2. The van der Waals surface area contributed by atoms with Crippen molar-refractivity contribution in [3.8, 4) is 34.2 Å². The van der Waals surface area contributed by atoms with Gasteiger partial charge in [0, 0.05) is 106 Å². The molecule has 0 bridgehead atoms. The van der Waals surface area contributed by atoms with Crippen molar-refractivity contribution in [3.05, 3.63) is 262 Å². The van der Waals surface area contributed by atoms with Gasteiger partial charge in [-0.2, -0.15) is 0 Å². The number of likely N-dealkylation sites (N-methyl/N-ethyl adjacent to an activating group) is 1. The summed E-state index contributed by atoms with van der Waals surface area (Å²) in [6, 6.07) is 67.1. The molecule has 4 aromatic heterocycles. The average Bonchev–Trinajstić information content (AvgIpc) is 1.67. The van der Waals surface area contributed by atoms with Crippen LogP contribution < -0.4 is 26.6 Å². The Labute approximate surface area is 541 Å². The summed E-state index contributed by atoms with van der Waals surface area (Å²) < 4.78 is 6.50. The number of pyridine rings is 1. The molecule has 3 aliphatic heterocycles. The molecule has 8 aromatic carbocycles. The number of nitrogens with one attached hydrogen (secondary N) is 5. The third kappa shape index (κ3) is 13.2. The maximum Gasteiger partial charge on any atom is 0.253 e. The van der Waals surface area contributed by atoms with E-state index >= 15 is 0 Å². The van der Waals surface area contributed by atoms with Gasteiger partial charge in [0.05, 0.1) is 49.8 Å². The third-order valence-electron chi connectivity index (χ3n) is 18.1. The first-order chi connectivity index (χ1) is 45.6. The number of carbonyl (C=O) groups excluding carboxylic acids is 3. The SMILES string of the molecule is CN(CCc1ccccn1)Cc1ccc(-c2nc3cccc4c3n2CCNC4=O)cc1.Cc1ccc(CCNCc2ccc(-c3nc4cccc5c4n3CCNC5=O)cc2)cc1.O=C1NCCn2c(-c3ccc(CNC4Cc5ccccc5C4)cc3)nc3cccc1c32. The predicted molar refractivity (Wildman–Crippen MR) is 368 cm³/mol. The Morgan fingerprint density at radius 2 is 0.914 bits per heavy atom. The van der Waals surface area contributed by atoms with Crippen molar-refractivity contribution in [2.24, 2.45) is 0 Å². The van der Waals surface area contributed by atoms with Crippen LogP contribution >= 0.6 is 0 Å². The number of benzene rings is 8. The highest BCUT2D eigenvalue weighted by Crippen LogP contribution is 2.33. The molecule has 0 radical (unpaired) electrons. The lowest BCUT2D eigenvalue weighted by Crippen LogP contribution is -2.28. The fourth-order valence-corrected chi connectivity index (χ4v) is 13.3. The van der Waals surface area contributed by atoms with Crippen molar-refractivity contribution in [3.63, 3.8) is 0 Å². The van der Waals surface area contributed by atoms with E-state index in [1.165, 1.54) is 38.9 Å². The fraction of sp³-hybridized carbons (Fsp3) is 0.234. The molecule has 93 heavy (non-hydrogen) atoms. The second-order valence-corrected chi connectivity index (χ2v) is 24.6. The molecule has 0 fully saturated rings. The molecule has 5 N–H and O–H groups in total. The summed E-state index contributed by atoms with van der Waals surface area (Å²) in [6.45, 7) is 10.6. The van der Waals surface area contributed by atoms with E-state index < -0.39 is 0 Å². The van der Waals surface area contributed by atoms with E-state index in [9.17, 15) is 14.4 Å². The van der Waals surface area contributed by atoms with Crippen LogP contribution in [0.25, 0.3) is 67.3 Å². The zero-order chi connectivity index (χ0) is 63.2. The highest BCUT2D eigenvalue weighted by atomic mass is 16.2. The number of rotatable bonds is 16. The van der Waals surface area contributed by atoms with Gasteiger partial charge in [0.2, 0.25) is 0 Å². The Balaban J connectivity index is 0.000000121. The number of fused-ring (bicyclic) bond motifs is 1. The predicted octanol–water partition coefficient (Wildman–Crippen LogP) is 11.3. The van der Waals surface area contributed by atoms with Gasteiger partial charge < -0.3 is 45.2 Å². The zero-order valence-corrected chi connectivity index (χ0v) is 52.5. The monoisotopic (exact) mass is 1230 g/mol. The first-order valence-electron chi connectivity index (χ1n) is 32.4.